The smallest absolute Gasteiger partial charge is 0.126 e. The quantitative estimate of drug-likeness (QED) is 0.582. The summed E-state index contributed by atoms with van der Waals surface area (Å²) in [6.45, 7) is 7.49. The fourth-order valence-corrected chi connectivity index (χ4v) is 3.55. The summed E-state index contributed by atoms with van der Waals surface area (Å²) in [5, 5.41) is 11.9. The zero-order valence-electron chi connectivity index (χ0n) is 16.1. The van der Waals surface area contributed by atoms with Crippen molar-refractivity contribution in [3.05, 3.63) is 69.7 Å². The van der Waals surface area contributed by atoms with Gasteiger partial charge in [-0.15, -0.1) is 0 Å². The lowest BCUT2D eigenvalue weighted by molar-refractivity contribution is -0.903. The van der Waals surface area contributed by atoms with E-state index in [-0.39, 0.29) is 12.7 Å². The normalized spacial score (nSPS) is 12.7. The van der Waals surface area contributed by atoms with Crippen LogP contribution >= 0.6 is 23.2 Å². The SMILES string of the molecule is CCC[NH+](CCC)C[C@@H](O)COC(c1ccc(Cl)cc1)c1ccc(Cl)cc1. The van der Waals surface area contributed by atoms with Crippen molar-refractivity contribution in [3.63, 3.8) is 0 Å². The van der Waals surface area contributed by atoms with Crippen LogP contribution in [-0.2, 0) is 4.74 Å². The second-order valence-electron chi connectivity index (χ2n) is 6.92. The molecule has 2 N–H and O–H groups in total. The first-order valence-electron chi connectivity index (χ1n) is 9.67. The first-order chi connectivity index (χ1) is 13.0. The van der Waals surface area contributed by atoms with Gasteiger partial charge in [-0.3, -0.25) is 0 Å². The van der Waals surface area contributed by atoms with Crippen molar-refractivity contribution >= 4 is 23.2 Å². The van der Waals surface area contributed by atoms with Crippen molar-refractivity contribution < 1.29 is 14.7 Å². The lowest BCUT2D eigenvalue weighted by Gasteiger charge is -2.24. The summed E-state index contributed by atoms with van der Waals surface area (Å²) in [6, 6.07) is 15.3. The maximum Gasteiger partial charge on any atom is 0.126 e. The number of halogens is 2. The van der Waals surface area contributed by atoms with Gasteiger partial charge in [-0.25, -0.2) is 0 Å². The first-order valence-corrected chi connectivity index (χ1v) is 10.4. The zero-order valence-corrected chi connectivity index (χ0v) is 17.6. The Labute approximate surface area is 172 Å². The maximum atomic E-state index is 10.5. The molecule has 0 aromatic heterocycles. The lowest BCUT2D eigenvalue weighted by Crippen LogP contribution is -3.13. The summed E-state index contributed by atoms with van der Waals surface area (Å²) in [4.78, 5) is 1.42. The van der Waals surface area contributed by atoms with E-state index in [1.54, 1.807) is 0 Å². The third-order valence-corrected chi connectivity index (χ3v) is 5.04. The molecule has 2 rings (SSSR count). The van der Waals surface area contributed by atoms with Gasteiger partial charge in [-0.1, -0.05) is 61.3 Å². The van der Waals surface area contributed by atoms with Gasteiger partial charge >= 0.3 is 0 Å². The molecule has 0 heterocycles. The van der Waals surface area contributed by atoms with Crippen LogP contribution in [0.1, 0.15) is 43.9 Å². The molecule has 0 radical (unpaired) electrons. The molecule has 0 aliphatic heterocycles. The van der Waals surface area contributed by atoms with E-state index in [0.29, 0.717) is 16.6 Å². The van der Waals surface area contributed by atoms with E-state index < -0.39 is 6.10 Å². The standard InChI is InChI=1S/C22H29Cl2NO2/c1-3-13-25(14-4-2)15-21(26)16-27-22(17-5-9-19(23)10-6-17)18-7-11-20(24)12-8-18/h5-12,21-22,26H,3-4,13-16H2,1-2H3/p+1/t21-/m1/s1. The zero-order chi connectivity index (χ0) is 19.6. The predicted octanol–water partition coefficient (Wildman–Crippen LogP) is 4.17. The Morgan fingerprint density at radius 3 is 1.70 bits per heavy atom. The molecule has 148 valence electrons. The van der Waals surface area contributed by atoms with Gasteiger partial charge in [0.25, 0.3) is 0 Å². The van der Waals surface area contributed by atoms with Crippen LogP contribution in [0.25, 0.3) is 0 Å². The number of aliphatic hydroxyl groups excluding tert-OH is 1. The van der Waals surface area contributed by atoms with Gasteiger partial charge in [0, 0.05) is 10.0 Å². The molecule has 0 spiro atoms. The average molecular weight is 411 g/mol. The minimum Gasteiger partial charge on any atom is -0.385 e. The summed E-state index contributed by atoms with van der Waals surface area (Å²) >= 11 is 12.1. The van der Waals surface area contributed by atoms with Gasteiger partial charge in [0.15, 0.2) is 0 Å². The number of benzene rings is 2. The second kappa shape index (κ2) is 11.7. The van der Waals surface area contributed by atoms with Crippen molar-refractivity contribution in [3.8, 4) is 0 Å². The van der Waals surface area contributed by atoms with Crippen LogP contribution in [0, 0.1) is 0 Å². The molecule has 1 atom stereocenters. The van der Waals surface area contributed by atoms with Crippen molar-refractivity contribution in [1.29, 1.82) is 0 Å². The number of nitrogens with one attached hydrogen (secondary N) is 1. The number of hydrogen-bond donors (Lipinski definition) is 2. The van der Waals surface area contributed by atoms with E-state index in [1.807, 2.05) is 48.5 Å². The summed E-state index contributed by atoms with van der Waals surface area (Å²) in [5.41, 5.74) is 2.00. The van der Waals surface area contributed by atoms with Crippen molar-refractivity contribution in [2.24, 2.45) is 0 Å². The van der Waals surface area contributed by atoms with Crippen LogP contribution in [-0.4, -0.2) is 37.5 Å². The van der Waals surface area contributed by atoms with Crippen LogP contribution in [0.5, 0.6) is 0 Å². The summed E-state index contributed by atoms with van der Waals surface area (Å²) in [6.07, 6.45) is 1.46. The molecule has 0 saturated carbocycles. The minimum atomic E-state index is -0.500. The lowest BCUT2D eigenvalue weighted by atomic mass is 10.0. The van der Waals surface area contributed by atoms with E-state index in [2.05, 4.69) is 13.8 Å². The Morgan fingerprint density at radius 2 is 1.30 bits per heavy atom. The van der Waals surface area contributed by atoms with Crippen LogP contribution in [0.2, 0.25) is 10.0 Å². The first kappa shape index (κ1) is 22.2. The molecule has 0 unspecified atom stereocenters. The molecule has 2 aromatic rings. The average Bonchev–Trinajstić information content (AvgIpc) is 2.65. The van der Waals surface area contributed by atoms with E-state index in [1.165, 1.54) is 4.90 Å². The highest BCUT2D eigenvalue weighted by atomic mass is 35.5. The van der Waals surface area contributed by atoms with Gasteiger partial charge in [0.05, 0.1) is 19.7 Å². The molecular formula is C22H30Cl2NO2+. The van der Waals surface area contributed by atoms with Gasteiger partial charge in [-0.2, -0.15) is 0 Å². The highest BCUT2D eigenvalue weighted by Crippen LogP contribution is 2.28. The fraction of sp³-hybridized carbons (Fsp3) is 0.455. The van der Waals surface area contributed by atoms with Gasteiger partial charge in [-0.05, 0) is 48.2 Å². The number of ether oxygens (including phenoxy) is 1. The molecule has 0 aliphatic rings. The molecular weight excluding hydrogens is 381 g/mol. The van der Waals surface area contributed by atoms with Crippen molar-refractivity contribution in [1.82, 2.24) is 0 Å². The Morgan fingerprint density at radius 1 is 0.852 bits per heavy atom. The molecule has 0 bridgehead atoms. The number of aliphatic hydroxyl groups is 1. The molecule has 27 heavy (non-hydrogen) atoms. The number of hydrogen-bond acceptors (Lipinski definition) is 2. The Balaban J connectivity index is 2.07. The topological polar surface area (TPSA) is 33.9 Å². The minimum absolute atomic E-state index is 0.269. The molecule has 2 aromatic carbocycles. The molecule has 0 saturated heterocycles. The van der Waals surface area contributed by atoms with Gasteiger partial charge in [0.2, 0.25) is 0 Å². The summed E-state index contributed by atoms with van der Waals surface area (Å²) in [5.74, 6) is 0. The molecule has 3 nitrogen and oxygen atoms in total. The van der Waals surface area contributed by atoms with E-state index in [0.717, 1.165) is 37.1 Å². The van der Waals surface area contributed by atoms with Crippen LogP contribution in [0.4, 0.5) is 0 Å². The predicted molar refractivity (Wildman–Crippen MR) is 113 cm³/mol. The Hall–Kier alpha value is -1.10. The van der Waals surface area contributed by atoms with Crippen LogP contribution in [0.3, 0.4) is 0 Å². The number of quaternary nitrogens is 1. The molecule has 0 aliphatic carbocycles. The van der Waals surface area contributed by atoms with E-state index in [4.69, 9.17) is 27.9 Å². The maximum absolute atomic E-state index is 10.5. The Bertz CT molecular complexity index is 610. The highest BCUT2D eigenvalue weighted by molar-refractivity contribution is 6.30. The monoisotopic (exact) mass is 410 g/mol. The van der Waals surface area contributed by atoms with Crippen molar-refractivity contribution in [2.45, 2.75) is 38.9 Å². The van der Waals surface area contributed by atoms with Crippen molar-refractivity contribution in [2.75, 3.05) is 26.2 Å². The molecule has 0 fully saturated rings. The van der Waals surface area contributed by atoms with E-state index >= 15 is 0 Å². The third kappa shape index (κ3) is 7.44. The van der Waals surface area contributed by atoms with E-state index in [9.17, 15) is 5.11 Å². The third-order valence-electron chi connectivity index (χ3n) is 4.53. The highest BCUT2D eigenvalue weighted by Gasteiger charge is 2.19. The number of rotatable bonds is 11. The van der Waals surface area contributed by atoms with Crippen LogP contribution < -0.4 is 4.90 Å². The Kier molecular flexibility index (Phi) is 9.60. The molecule has 5 heteroatoms. The molecule has 0 amide bonds. The largest absolute Gasteiger partial charge is 0.385 e. The summed E-state index contributed by atoms with van der Waals surface area (Å²) in [7, 11) is 0. The van der Waals surface area contributed by atoms with Gasteiger partial charge < -0.3 is 14.7 Å². The van der Waals surface area contributed by atoms with Gasteiger partial charge in [0.1, 0.15) is 18.8 Å². The summed E-state index contributed by atoms with van der Waals surface area (Å²) < 4.78 is 6.16. The van der Waals surface area contributed by atoms with Crippen LogP contribution in [0.15, 0.2) is 48.5 Å². The second-order valence-corrected chi connectivity index (χ2v) is 7.80. The fourth-order valence-electron chi connectivity index (χ4n) is 3.30.